The van der Waals surface area contributed by atoms with Crippen LogP contribution in [0.2, 0.25) is 0 Å². The Hall–Kier alpha value is -2.65. The second kappa shape index (κ2) is 8.36. The highest BCUT2D eigenvalue weighted by atomic mass is 79.9. The van der Waals surface area contributed by atoms with Crippen LogP contribution in [0.5, 0.6) is 11.5 Å². The molecule has 0 saturated carbocycles. The molecule has 27 heavy (non-hydrogen) atoms. The van der Waals surface area contributed by atoms with E-state index in [1.165, 1.54) is 13.3 Å². The SMILES string of the molecule is COc1cc(/C=N\NC(=O)c2cc(-c3ccccc3)n[nH]2)c(Br)c(Br)c1O. The van der Waals surface area contributed by atoms with E-state index in [2.05, 4.69) is 52.6 Å². The summed E-state index contributed by atoms with van der Waals surface area (Å²) in [5.41, 5.74) is 4.89. The van der Waals surface area contributed by atoms with E-state index in [1.807, 2.05) is 30.3 Å². The van der Waals surface area contributed by atoms with Gasteiger partial charge in [0.05, 0.1) is 23.5 Å². The van der Waals surface area contributed by atoms with Gasteiger partial charge in [-0.25, -0.2) is 5.43 Å². The molecule has 9 heteroatoms. The number of H-pyrrole nitrogens is 1. The van der Waals surface area contributed by atoms with E-state index in [4.69, 9.17) is 4.74 Å². The van der Waals surface area contributed by atoms with Crippen molar-refractivity contribution in [2.24, 2.45) is 5.10 Å². The van der Waals surface area contributed by atoms with Gasteiger partial charge in [-0.3, -0.25) is 9.89 Å². The molecule has 0 aliphatic rings. The maximum atomic E-state index is 12.2. The zero-order valence-corrected chi connectivity index (χ0v) is 17.2. The van der Waals surface area contributed by atoms with E-state index in [9.17, 15) is 9.90 Å². The van der Waals surface area contributed by atoms with E-state index < -0.39 is 5.91 Å². The Labute approximate surface area is 171 Å². The molecule has 1 aromatic heterocycles. The van der Waals surface area contributed by atoms with Gasteiger partial charge in [-0.15, -0.1) is 0 Å². The van der Waals surface area contributed by atoms with Crippen LogP contribution in [0.4, 0.5) is 0 Å². The summed E-state index contributed by atoms with van der Waals surface area (Å²) >= 11 is 6.62. The number of phenolic OH excluding ortho intramolecular Hbond substituents is 1. The molecule has 0 aliphatic heterocycles. The zero-order chi connectivity index (χ0) is 19.4. The standard InChI is InChI=1S/C18H14Br2N4O3/c1-27-14-7-11(15(19)16(20)17(14)25)9-21-24-18(26)13-8-12(22-23-13)10-5-3-2-4-6-10/h2-9,25H,1H3,(H,22,23)(H,24,26)/b21-9-. The van der Waals surface area contributed by atoms with Crippen molar-refractivity contribution in [2.45, 2.75) is 0 Å². The summed E-state index contributed by atoms with van der Waals surface area (Å²) in [4.78, 5) is 12.2. The maximum Gasteiger partial charge on any atom is 0.289 e. The number of aromatic hydroxyl groups is 1. The van der Waals surface area contributed by atoms with Gasteiger partial charge in [-0.1, -0.05) is 30.3 Å². The summed E-state index contributed by atoms with van der Waals surface area (Å²) in [5, 5.41) is 20.7. The van der Waals surface area contributed by atoms with Crippen LogP contribution in [0.25, 0.3) is 11.3 Å². The van der Waals surface area contributed by atoms with Gasteiger partial charge in [0.15, 0.2) is 11.5 Å². The van der Waals surface area contributed by atoms with Crippen molar-refractivity contribution in [2.75, 3.05) is 7.11 Å². The number of rotatable bonds is 5. The molecule has 0 fully saturated rings. The number of carbonyl (C=O) groups excluding carboxylic acids is 1. The first kappa shape index (κ1) is 19.1. The minimum absolute atomic E-state index is 0.0311. The first-order valence-electron chi connectivity index (χ1n) is 7.70. The summed E-state index contributed by atoms with van der Waals surface area (Å²) in [6.07, 6.45) is 1.43. The van der Waals surface area contributed by atoms with Gasteiger partial charge in [0.2, 0.25) is 0 Å². The molecule has 0 spiro atoms. The summed E-state index contributed by atoms with van der Waals surface area (Å²) in [5.74, 6) is -0.183. The molecule has 0 unspecified atom stereocenters. The van der Waals surface area contributed by atoms with Crippen molar-refractivity contribution >= 4 is 44.0 Å². The molecule has 3 aromatic rings. The number of benzene rings is 2. The number of aromatic amines is 1. The van der Waals surface area contributed by atoms with E-state index >= 15 is 0 Å². The molecule has 138 valence electrons. The van der Waals surface area contributed by atoms with E-state index in [-0.39, 0.29) is 17.2 Å². The lowest BCUT2D eigenvalue weighted by Crippen LogP contribution is -2.18. The highest BCUT2D eigenvalue weighted by Crippen LogP contribution is 2.41. The van der Waals surface area contributed by atoms with Gasteiger partial charge in [0.25, 0.3) is 5.91 Å². The number of amides is 1. The summed E-state index contributed by atoms with van der Waals surface area (Å²) in [6.45, 7) is 0. The monoisotopic (exact) mass is 492 g/mol. The molecule has 0 aliphatic carbocycles. The van der Waals surface area contributed by atoms with E-state index in [1.54, 1.807) is 12.1 Å². The second-order valence-electron chi connectivity index (χ2n) is 5.38. The van der Waals surface area contributed by atoms with Gasteiger partial charge in [0, 0.05) is 15.6 Å². The number of nitrogens with zero attached hydrogens (tertiary/aromatic N) is 2. The lowest BCUT2D eigenvalue weighted by atomic mass is 10.1. The van der Waals surface area contributed by atoms with Crippen molar-refractivity contribution in [3.8, 4) is 22.8 Å². The quantitative estimate of drug-likeness (QED) is 0.368. The van der Waals surface area contributed by atoms with Crippen molar-refractivity contribution in [3.05, 3.63) is 62.7 Å². The second-order valence-corrected chi connectivity index (χ2v) is 6.96. The fourth-order valence-corrected chi connectivity index (χ4v) is 3.11. The molecule has 3 N–H and O–H groups in total. The number of hydrogen-bond acceptors (Lipinski definition) is 5. The normalized spacial score (nSPS) is 10.9. The molecule has 3 rings (SSSR count). The van der Waals surface area contributed by atoms with E-state index in [0.717, 1.165) is 5.56 Å². The van der Waals surface area contributed by atoms with Crippen LogP contribution >= 0.6 is 31.9 Å². The summed E-state index contributed by atoms with van der Waals surface area (Å²) in [7, 11) is 1.45. The average Bonchev–Trinajstić information content (AvgIpc) is 3.19. The number of ether oxygens (including phenoxy) is 1. The van der Waals surface area contributed by atoms with E-state index in [0.29, 0.717) is 20.2 Å². The molecular formula is C18H14Br2N4O3. The number of aromatic nitrogens is 2. The third-order valence-corrected chi connectivity index (χ3v) is 5.81. The minimum atomic E-state index is -0.429. The van der Waals surface area contributed by atoms with Crippen LogP contribution in [0.1, 0.15) is 16.1 Å². The Morgan fingerprint density at radius 1 is 1.26 bits per heavy atom. The van der Waals surface area contributed by atoms with Crippen molar-refractivity contribution < 1.29 is 14.6 Å². The number of halogens is 2. The number of carbonyl (C=O) groups is 1. The van der Waals surface area contributed by atoms with Gasteiger partial charge < -0.3 is 9.84 Å². The number of phenols is 1. The number of nitrogens with one attached hydrogen (secondary N) is 2. The first-order chi connectivity index (χ1) is 13.0. The molecule has 7 nitrogen and oxygen atoms in total. The Bertz CT molecular complexity index is 1000. The molecule has 2 aromatic carbocycles. The highest BCUT2D eigenvalue weighted by molar-refractivity contribution is 9.13. The summed E-state index contributed by atoms with van der Waals surface area (Å²) in [6, 6.07) is 12.8. The zero-order valence-electron chi connectivity index (χ0n) is 14.0. The molecule has 0 radical (unpaired) electrons. The van der Waals surface area contributed by atoms with Crippen LogP contribution in [-0.4, -0.2) is 34.5 Å². The summed E-state index contributed by atoms with van der Waals surface area (Å²) < 4.78 is 6.10. The first-order valence-corrected chi connectivity index (χ1v) is 9.29. The molecule has 1 amide bonds. The fourth-order valence-electron chi connectivity index (χ4n) is 2.28. The van der Waals surface area contributed by atoms with Crippen LogP contribution in [0.3, 0.4) is 0 Å². The van der Waals surface area contributed by atoms with Crippen molar-refractivity contribution in [3.63, 3.8) is 0 Å². The van der Waals surface area contributed by atoms with Crippen molar-refractivity contribution in [1.29, 1.82) is 0 Å². The van der Waals surface area contributed by atoms with Crippen LogP contribution < -0.4 is 10.2 Å². The van der Waals surface area contributed by atoms with Gasteiger partial charge in [-0.05, 0) is 44.0 Å². The van der Waals surface area contributed by atoms with Crippen LogP contribution in [-0.2, 0) is 0 Å². The number of methoxy groups -OCH3 is 1. The number of hydrogen-bond donors (Lipinski definition) is 3. The molecule has 0 bridgehead atoms. The fraction of sp³-hybridized carbons (Fsp3) is 0.0556. The Morgan fingerprint density at radius 3 is 2.70 bits per heavy atom. The average molecular weight is 494 g/mol. The van der Waals surface area contributed by atoms with Crippen LogP contribution in [0.15, 0.2) is 56.5 Å². The maximum absolute atomic E-state index is 12.2. The third kappa shape index (κ3) is 4.20. The highest BCUT2D eigenvalue weighted by Gasteiger charge is 2.14. The lowest BCUT2D eigenvalue weighted by molar-refractivity contribution is 0.0950. The predicted molar refractivity (Wildman–Crippen MR) is 109 cm³/mol. The molecule has 0 atom stereocenters. The smallest absolute Gasteiger partial charge is 0.289 e. The third-order valence-electron chi connectivity index (χ3n) is 3.66. The minimum Gasteiger partial charge on any atom is -0.503 e. The molecule has 1 heterocycles. The Morgan fingerprint density at radius 2 is 2.00 bits per heavy atom. The molecular weight excluding hydrogens is 480 g/mol. The Kier molecular flexibility index (Phi) is 5.92. The van der Waals surface area contributed by atoms with Gasteiger partial charge >= 0.3 is 0 Å². The largest absolute Gasteiger partial charge is 0.503 e. The van der Waals surface area contributed by atoms with Crippen molar-refractivity contribution in [1.82, 2.24) is 15.6 Å². The molecule has 0 saturated heterocycles. The topological polar surface area (TPSA) is 99.6 Å². The Balaban J connectivity index is 1.73. The predicted octanol–water partition coefficient (Wildman–Crippen LogP) is 4.08. The van der Waals surface area contributed by atoms with Crippen LogP contribution in [0, 0.1) is 0 Å². The lowest BCUT2D eigenvalue weighted by Gasteiger charge is -2.09. The van der Waals surface area contributed by atoms with Gasteiger partial charge in [-0.2, -0.15) is 10.2 Å². The van der Waals surface area contributed by atoms with Gasteiger partial charge in [0.1, 0.15) is 5.69 Å². The number of hydrazone groups is 1.